The second-order valence-corrected chi connectivity index (χ2v) is 6.39. The fraction of sp³-hybridized carbons (Fsp3) is 0.381. The lowest BCUT2D eigenvalue weighted by Gasteiger charge is -2.17. The molecule has 1 amide bonds. The molecule has 0 unspecified atom stereocenters. The van der Waals surface area contributed by atoms with Crippen LogP contribution in [0.25, 0.3) is 0 Å². The van der Waals surface area contributed by atoms with Crippen LogP contribution < -0.4 is 15.6 Å². The van der Waals surface area contributed by atoms with Gasteiger partial charge < -0.3 is 15.5 Å². The summed E-state index contributed by atoms with van der Waals surface area (Å²) >= 11 is 0. The van der Waals surface area contributed by atoms with Crippen molar-refractivity contribution in [3.05, 3.63) is 53.6 Å². The van der Waals surface area contributed by atoms with E-state index < -0.39 is 0 Å². The van der Waals surface area contributed by atoms with Crippen molar-refractivity contribution >= 4 is 17.3 Å². The van der Waals surface area contributed by atoms with Crippen LogP contribution in [0, 0.1) is 6.92 Å². The third kappa shape index (κ3) is 6.25. The van der Waals surface area contributed by atoms with E-state index in [1.807, 2.05) is 19.1 Å². The van der Waals surface area contributed by atoms with Crippen LogP contribution in [-0.4, -0.2) is 37.0 Å². The van der Waals surface area contributed by atoms with Crippen molar-refractivity contribution in [2.45, 2.75) is 27.2 Å². The third-order valence-corrected chi connectivity index (χ3v) is 4.54. The van der Waals surface area contributed by atoms with E-state index in [0.29, 0.717) is 12.1 Å². The first-order valence-electron chi connectivity index (χ1n) is 9.34. The normalized spacial score (nSPS) is 10.7. The fourth-order valence-electron chi connectivity index (χ4n) is 2.84. The average molecular weight is 373 g/mol. The second kappa shape index (κ2) is 10.5. The number of amides is 1. The maximum Gasteiger partial charge on any atom is 0.251 e. The zero-order chi connectivity index (χ0) is 19.6. The van der Waals surface area contributed by atoms with Gasteiger partial charge in [0.25, 0.3) is 5.91 Å². The molecule has 2 aromatic carbocycles. The molecule has 0 heterocycles. The van der Waals surface area contributed by atoms with Crippen LogP contribution in [0.5, 0.6) is 5.75 Å². The molecule has 27 heavy (non-hydrogen) atoms. The van der Waals surface area contributed by atoms with Gasteiger partial charge in [0, 0.05) is 28.0 Å². The molecular formula is C21H28FN3O2. The van der Waals surface area contributed by atoms with E-state index in [1.165, 1.54) is 12.1 Å². The van der Waals surface area contributed by atoms with Gasteiger partial charge in [-0.2, -0.15) is 0 Å². The van der Waals surface area contributed by atoms with Crippen molar-refractivity contribution in [3.63, 3.8) is 0 Å². The van der Waals surface area contributed by atoms with E-state index in [0.717, 1.165) is 43.0 Å². The standard InChI is InChI=1S/C21H28FN3O2/c1-4-25(5-2)14-6-13-23-21(26)17-7-12-20(16(3)15-17)24-18-8-10-19(27-22)11-9-18/h7-12,15,24H,4-6,13-14H2,1-3H3,(H,23,26). The topological polar surface area (TPSA) is 53.6 Å². The van der Waals surface area contributed by atoms with E-state index in [2.05, 4.69) is 34.3 Å². The van der Waals surface area contributed by atoms with Crippen molar-refractivity contribution in [1.29, 1.82) is 0 Å². The van der Waals surface area contributed by atoms with Crippen molar-refractivity contribution in [2.75, 3.05) is 31.5 Å². The maximum atomic E-state index is 12.3. The molecule has 0 radical (unpaired) electrons. The Hall–Kier alpha value is -2.60. The molecule has 2 rings (SSSR count). The summed E-state index contributed by atoms with van der Waals surface area (Å²) in [6.07, 6.45) is 0.935. The third-order valence-electron chi connectivity index (χ3n) is 4.54. The van der Waals surface area contributed by atoms with Crippen LogP contribution in [0.3, 0.4) is 0 Å². The molecule has 0 aliphatic rings. The van der Waals surface area contributed by atoms with Gasteiger partial charge >= 0.3 is 0 Å². The minimum Gasteiger partial charge on any atom is -0.355 e. The van der Waals surface area contributed by atoms with E-state index >= 15 is 0 Å². The largest absolute Gasteiger partial charge is 0.355 e. The molecule has 0 fully saturated rings. The van der Waals surface area contributed by atoms with Crippen molar-refractivity contribution in [2.24, 2.45) is 0 Å². The highest BCUT2D eigenvalue weighted by atomic mass is 19.3. The lowest BCUT2D eigenvalue weighted by molar-refractivity contribution is -0.00618. The monoisotopic (exact) mass is 373 g/mol. The minimum atomic E-state index is -0.0614. The predicted molar refractivity (Wildman–Crippen MR) is 107 cm³/mol. The molecule has 0 saturated heterocycles. The minimum absolute atomic E-state index is 0.0614. The lowest BCUT2D eigenvalue weighted by Crippen LogP contribution is -2.29. The Morgan fingerprint density at radius 1 is 1.11 bits per heavy atom. The number of benzene rings is 2. The SMILES string of the molecule is CCN(CC)CCCNC(=O)c1ccc(Nc2ccc(OF)cc2)c(C)c1. The van der Waals surface area contributed by atoms with Crippen molar-refractivity contribution < 1.29 is 14.3 Å². The molecule has 2 aromatic rings. The van der Waals surface area contributed by atoms with Crippen LogP contribution in [0.15, 0.2) is 42.5 Å². The van der Waals surface area contributed by atoms with Gasteiger partial charge in [-0.3, -0.25) is 9.74 Å². The first-order chi connectivity index (χ1) is 13.1. The maximum absolute atomic E-state index is 12.3. The van der Waals surface area contributed by atoms with Gasteiger partial charge in [0.2, 0.25) is 0 Å². The summed E-state index contributed by atoms with van der Waals surface area (Å²) in [5.41, 5.74) is 3.30. The number of nitrogens with zero attached hydrogens (tertiary/aromatic N) is 1. The highest BCUT2D eigenvalue weighted by Gasteiger charge is 2.08. The van der Waals surface area contributed by atoms with Gasteiger partial charge in [-0.1, -0.05) is 13.8 Å². The average Bonchev–Trinajstić information content (AvgIpc) is 2.70. The lowest BCUT2D eigenvalue weighted by atomic mass is 10.1. The van der Waals surface area contributed by atoms with Gasteiger partial charge in [0.15, 0.2) is 5.75 Å². The first-order valence-corrected chi connectivity index (χ1v) is 9.34. The number of carbonyl (C=O) groups excluding carboxylic acids is 1. The van der Waals surface area contributed by atoms with Gasteiger partial charge in [-0.05, 0) is 81.0 Å². The fourth-order valence-corrected chi connectivity index (χ4v) is 2.84. The Labute approximate surface area is 160 Å². The Bertz CT molecular complexity index is 731. The van der Waals surface area contributed by atoms with Gasteiger partial charge in [-0.25, -0.2) is 0 Å². The summed E-state index contributed by atoms with van der Waals surface area (Å²) < 4.78 is 12.1. The van der Waals surface area contributed by atoms with E-state index in [-0.39, 0.29) is 11.7 Å². The second-order valence-electron chi connectivity index (χ2n) is 6.39. The van der Waals surface area contributed by atoms with E-state index in [1.54, 1.807) is 18.2 Å². The molecule has 2 N–H and O–H groups in total. The molecule has 0 aromatic heterocycles. The Kier molecular flexibility index (Phi) is 8.07. The number of hydrogen-bond donors (Lipinski definition) is 2. The zero-order valence-corrected chi connectivity index (χ0v) is 16.2. The van der Waals surface area contributed by atoms with Gasteiger partial charge in [-0.15, -0.1) is 0 Å². The Morgan fingerprint density at radius 3 is 2.41 bits per heavy atom. The molecule has 5 nitrogen and oxygen atoms in total. The molecule has 0 atom stereocenters. The predicted octanol–water partition coefficient (Wildman–Crippen LogP) is 4.46. The quantitative estimate of drug-likeness (QED) is 0.604. The molecule has 0 aliphatic carbocycles. The van der Waals surface area contributed by atoms with Gasteiger partial charge in [0.1, 0.15) is 0 Å². The summed E-state index contributed by atoms with van der Waals surface area (Å²) in [7, 11) is 0. The summed E-state index contributed by atoms with van der Waals surface area (Å²) in [4.78, 5) is 18.3. The van der Waals surface area contributed by atoms with Crippen molar-refractivity contribution in [1.82, 2.24) is 10.2 Å². The molecule has 146 valence electrons. The first kappa shape index (κ1) is 20.7. The number of carbonyl (C=O) groups is 1. The molecular weight excluding hydrogens is 345 g/mol. The summed E-state index contributed by atoms with van der Waals surface area (Å²) in [6, 6.07) is 12.1. The smallest absolute Gasteiger partial charge is 0.251 e. The Morgan fingerprint density at radius 2 is 1.81 bits per heavy atom. The van der Waals surface area contributed by atoms with Crippen LogP contribution in [0.1, 0.15) is 36.2 Å². The van der Waals surface area contributed by atoms with Crippen LogP contribution in [-0.2, 0) is 0 Å². The molecule has 0 bridgehead atoms. The Balaban J connectivity index is 1.89. The highest BCUT2D eigenvalue weighted by molar-refractivity contribution is 5.95. The van der Waals surface area contributed by atoms with Gasteiger partial charge in [0.05, 0.1) is 0 Å². The van der Waals surface area contributed by atoms with Crippen LogP contribution in [0.4, 0.5) is 15.9 Å². The van der Waals surface area contributed by atoms with E-state index in [9.17, 15) is 9.32 Å². The summed E-state index contributed by atoms with van der Waals surface area (Å²) in [5, 5.41) is 6.23. The number of rotatable bonds is 10. The zero-order valence-electron chi connectivity index (χ0n) is 16.2. The van der Waals surface area contributed by atoms with Crippen LogP contribution in [0.2, 0.25) is 0 Å². The number of anilines is 2. The summed E-state index contributed by atoms with van der Waals surface area (Å²) in [5.74, 6) is 0.0962. The molecule has 0 spiro atoms. The number of aryl methyl sites for hydroxylation is 1. The van der Waals surface area contributed by atoms with Crippen molar-refractivity contribution in [3.8, 4) is 5.75 Å². The van der Waals surface area contributed by atoms with E-state index in [4.69, 9.17) is 0 Å². The van der Waals surface area contributed by atoms with Crippen LogP contribution >= 0.6 is 0 Å². The highest BCUT2D eigenvalue weighted by Crippen LogP contribution is 2.23. The summed E-state index contributed by atoms with van der Waals surface area (Å²) in [6.45, 7) is 9.94. The number of halogens is 1. The molecule has 6 heteroatoms. The number of nitrogens with one attached hydrogen (secondary N) is 2. The number of hydrogen-bond acceptors (Lipinski definition) is 4. The molecule has 0 aliphatic heterocycles. The molecule has 0 saturated carbocycles.